The second-order valence-electron chi connectivity index (χ2n) is 7.33. The van der Waals surface area contributed by atoms with Crippen molar-refractivity contribution in [2.24, 2.45) is 0 Å². The molecule has 6 nitrogen and oxygen atoms in total. The van der Waals surface area contributed by atoms with Gasteiger partial charge in [-0.1, -0.05) is 36.4 Å². The van der Waals surface area contributed by atoms with Crippen LogP contribution in [0.4, 0.5) is 0 Å². The highest BCUT2D eigenvalue weighted by Gasteiger charge is 2.28. The van der Waals surface area contributed by atoms with Crippen LogP contribution in [0.25, 0.3) is 0 Å². The van der Waals surface area contributed by atoms with Crippen LogP contribution < -0.4 is 5.32 Å². The molecule has 0 fully saturated rings. The molecule has 4 rings (SSSR count). The lowest BCUT2D eigenvalue weighted by Gasteiger charge is -2.28. The third-order valence-electron chi connectivity index (χ3n) is 5.31. The third kappa shape index (κ3) is 4.13. The van der Waals surface area contributed by atoms with Gasteiger partial charge in [-0.15, -0.1) is 0 Å². The summed E-state index contributed by atoms with van der Waals surface area (Å²) in [6.07, 6.45) is 2.35. The Kier molecular flexibility index (Phi) is 5.65. The number of carbonyl (C=O) groups is 1. The van der Waals surface area contributed by atoms with Crippen LogP contribution in [0.5, 0.6) is 0 Å². The van der Waals surface area contributed by atoms with Gasteiger partial charge >= 0.3 is 0 Å². The molecule has 0 saturated carbocycles. The quantitative estimate of drug-likeness (QED) is 0.685. The van der Waals surface area contributed by atoms with Crippen molar-refractivity contribution >= 4 is 15.9 Å². The van der Waals surface area contributed by atoms with Gasteiger partial charge in [-0.3, -0.25) is 9.78 Å². The topological polar surface area (TPSA) is 79.4 Å². The van der Waals surface area contributed by atoms with Crippen LogP contribution in [0.2, 0.25) is 0 Å². The molecule has 0 bridgehead atoms. The summed E-state index contributed by atoms with van der Waals surface area (Å²) >= 11 is 0. The number of hydrogen-bond acceptors (Lipinski definition) is 4. The molecule has 0 aliphatic carbocycles. The molecule has 7 heteroatoms. The van der Waals surface area contributed by atoms with Gasteiger partial charge in [0, 0.05) is 24.8 Å². The molecule has 1 aliphatic heterocycles. The molecule has 0 saturated heterocycles. The summed E-state index contributed by atoms with van der Waals surface area (Å²) in [4.78, 5) is 17.1. The smallest absolute Gasteiger partial charge is 0.251 e. The number of pyridine rings is 1. The van der Waals surface area contributed by atoms with Gasteiger partial charge in [0.1, 0.15) is 0 Å². The molecule has 2 aromatic carbocycles. The lowest BCUT2D eigenvalue weighted by Crippen LogP contribution is -2.36. The molecule has 1 amide bonds. The van der Waals surface area contributed by atoms with E-state index in [0.29, 0.717) is 25.1 Å². The maximum atomic E-state index is 13.2. The van der Waals surface area contributed by atoms with Crippen molar-refractivity contribution < 1.29 is 13.2 Å². The van der Waals surface area contributed by atoms with Gasteiger partial charge < -0.3 is 5.32 Å². The van der Waals surface area contributed by atoms with Gasteiger partial charge in [0.15, 0.2) is 0 Å². The average molecular weight is 422 g/mol. The molecule has 2 heterocycles. The van der Waals surface area contributed by atoms with E-state index in [1.807, 2.05) is 49.4 Å². The van der Waals surface area contributed by atoms with Crippen molar-refractivity contribution in [2.45, 2.75) is 30.8 Å². The maximum absolute atomic E-state index is 13.2. The predicted octanol–water partition coefficient (Wildman–Crippen LogP) is 3.32. The number of carbonyl (C=O) groups excluding carboxylic acids is 1. The van der Waals surface area contributed by atoms with E-state index in [1.165, 1.54) is 22.0 Å². The Bertz CT molecular complexity index is 1160. The van der Waals surface area contributed by atoms with Crippen LogP contribution in [0, 0.1) is 0 Å². The van der Waals surface area contributed by atoms with Gasteiger partial charge in [0.25, 0.3) is 5.91 Å². The van der Waals surface area contributed by atoms with Crippen LogP contribution >= 0.6 is 0 Å². The number of rotatable bonds is 5. The van der Waals surface area contributed by atoms with E-state index in [4.69, 9.17) is 0 Å². The van der Waals surface area contributed by atoms with Crippen molar-refractivity contribution in [3.8, 4) is 0 Å². The summed E-state index contributed by atoms with van der Waals surface area (Å²) in [6, 6.07) is 19.3. The Morgan fingerprint density at radius 3 is 2.57 bits per heavy atom. The molecule has 0 radical (unpaired) electrons. The Morgan fingerprint density at radius 2 is 1.80 bits per heavy atom. The van der Waals surface area contributed by atoms with Crippen molar-refractivity contribution in [3.63, 3.8) is 0 Å². The van der Waals surface area contributed by atoms with Crippen molar-refractivity contribution in [1.29, 1.82) is 0 Å². The molecule has 3 aromatic rings. The largest absolute Gasteiger partial charge is 0.344 e. The van der Waals surface area contributed by atoms with E-state index in [-0.39, 0.29) is 16.8 Å². The number of nitrogens with one attached hydrogen (secondary N) is 1. The number of benzene rings is 2. The van der Waals surface area contributed by atoms with Gasteiger partial charge in [-0.05, 0) is 54.8 Å². The lowest BCUT2D eigenvalue weighted by molar-refractivity contribution is 0.0939. The second kappa shape index (κ2) is 8.38. The van der Waals surface area contributed by atoms with Crippen LogP contribution in [0.1, 0.15) is 40.1 Å². The summed E-state index contributed by atoms with van der Waals surface area (Å²) in [6.45, 7) is 2.60. The zero-order valence-electron chi connectivity index (χ0n) is 16.7. The van der Waals surface area contributed by atoms with Crippen LogP contribution in [0.3, 0.4) is 0 Å². The lowest BCUT2D eigenvalue weighted by atomic mass is 10.0. The number of fused-ring (bicyclic) bond motifs is 1. The highest BCUT2D eigenvalue weighted by Crippen LogP contribution is 2.25. The first kappa shape index (κ1) is 20.3. The molecule has 1 N–H and O–H groups in total. The first-order valence-corrected chi connectivity index (χ1v) is 11.3. The molecular formula is C23H23N3O3S. The Hall–Kier alpha value is -3.03. The highest BCUT2D eigenvalue weighted by atomic mass is 32.2. The van der Waals surface area contributed by atoms with Gasteiger partial charge in [-0.2, -0.15) is 4.31 Å². The Balaban J connectivity index is 1.53. The van der Waals surface area contributed by atoms with Gasteiger partial charge in [-0.25, -0.2) is 8.42 Å². The number of nitrogens with zero attached hydrogens (tertiary/aromatic N) is 2. The summed E-state index contributed by atoms with van der Waals surface area (Å²) in [5.74, 6) is -0.339. The fourth-order valence-corrected chi connectivity index (χ4v) is 5.07. The first-order chi connectivity index (χ1) is 14.4. The van der Waals surface area contributed by atoms with Crippen molar-refractivity contribution in [1.82, 2.24) is 14.6 Å². The summed E-state index contributed by atoms with van der Waals surface area (Å²) in [5, 5.41) is 2.87. The van der Waals surface area contributed by atoms with E-state index in [9.17, 15) is 13.2 Å². The maximum Gasteiger partial charge on any atom is 0.251 e. The first-order valence-electron chi connectivity index (χ1n) is 9.84. The third-order valence-corrected chi connectivity index (χ3v) is 7.15. The zero-order valence-corrected chi connectivity index (χ0v) is 17.5. The zero-order chi connectivity index (χ0) is 21.1. The van der Waals surface area contributed by atoms with E-state index < -0.39 is 10.0 Å². The van der Waals surface area contributed by atoms with Crippen LogP contribution in [0.15, 0.2) is 77.8 Å². The summed E-state index contributed by atoms with van der Waals surface area (Å²) in [7, 11) is -3.70. The number of aromatic nitrogens is 1. The molecule has 154 valence electrons. The molecule has 1 unspecified atom stereocenters. The van der Waals surface area contributed by atoms with E-state index in [0.717, 1.165) is 11.3 Å². The monoisotopic (exact) mass is 421 g/mol. The molecule has 1 aliphatic rings. The number of sulfonamides is 1. The fourth-order valence-electron chi connectivity index (χ4n) is 3.61. The summed E-state index contributed by atoms with van der Waals surface area (Å²) < 4.78 is 27.9. The van der Waals surface area contributed by atoms with Crippen molar-refractivity contribution in [2.75, 3.05) is 6.54 Å². The van der Waals surface area contributed by atoms with E-state index in [2.05, 4.69) is 10.3 Å². The molecule has 30 heavy (non-hydrogen) atoms. The SMILES string of the molecule is CC(NC(=O)c1cccc(S(=O)(=O)N2CCc3ccccc3C2)c1)c1ccccn1. The standard InChI is InChI=1S/C23H23N3O3S/c1-17(22-11-4-5-13-24-22)25-23(27)19-9-6-10-21(15-19)30(28,29)26-14-12-18-7-2-3-8-20(18)16-26/h2-11,13,15,17H,12,14,16H2,1H3,(H,25,27). The van der Waals surface area contributed by atoms with Crippen molar-refractivity contribution in [3.05, 3.63) is 95.3 Å². The molecule has 1 atom stereocenters. The summed E-state index contributed by atoms with van der Waals surface area (Å²) in [5.41, 5.74) is 3.24. The predicted molar refractivity (Wildman–Crippen MR) is 114 cm³/mol. The molecular weight excluding hydrogens is 398 g/mol. The minimum atomic E-state index is -3.70. The average Bonchev–Trinajstić information content (AvgIpc) is 2.79. The second-order valence-corrected chi connectivity index (χ2v) is 9.27. The fraction of sp³-hybridized carbons (Fsp3) is 0.217. The Morgan fingerprint density at radius 1 is 1.03 bits per heavy atom. The normalized spacial score (nSPS) is 15.2. The number of amides is 1. The van der Waals surface area contributed by atoms with Gasteiger partial charge in [0.2, 0.25) is 10.0 Å². The number of hydrogen-bond donors (Lipinski definition) is 1. The Labute approximate surface area is 176 Å². The van der Waals surface area contributed by atoms with Crippen LogP contribution in [-0.2, 0) is 23.0 Å². The van der Waals surface area contributed by atoms with E-state index >= 15 is 0 Å². The molecule has 1 aromatic heterocycles. The van der Waals surface area contributed by atoms with Gasteiger partial charge in [0.05, 0.1) is 16.6 Å². The molecule has 0 spiro atoms. The highest BCUT2D eigenvalue weighted by molar-refractivity contribution is 7.89. The minimum Gasteiger partial charge on any atom is -0.344 e. The van der Waals surface area contributed by atoms with E-state index in [1.54, 1.807) is 18.3 Å². The minimum absolute atomic E-state index is 0.125. The van der Waals surface area contributed by atoms with Crippen LogP contribution in [-0.4, -0.2) is 30.2 Å².